The van der Waals surface area contributed by atoms with Gasteiger partial charge in [-0.05, 0) is 36.2 Å². The second-order valence-corrected chi connectivity index (χ2v) is 7.82. The summed E-state index contributed by atoms with van der Waals surface area (Å²) >= 11 is 0. The second-order valence-electron chi connectivity index (χ2n) is 7.82. The predicted octanol–water partition coefficient (Wildman–Crippen LogP) is 4.40. The molecule has 0 saturated carbocycles. The zero-order chi connectivity index (χ0) is 26.1. The number of methoxy groups -OCH3 is 2. The van der Waals surface area contributed by atoms with Crippen LogP contribution in [0.15, 0.2) is 66.9 Å². The lowest BCUT2D eigenvalue weighted by atomic mass is 9.67. The van der Waals surface area contributed by atoms with Crippen LogP contribution in [0.25, 0.3) is 11.1 Å². The van der Waals surface area contributed by atoms with E-state index in [4.69, 9.17) is 14.2 Å². The van der Waals surface area contributed by atoms with Crippen LogP contribution in [-0.2, 0) is 19.1 Å². The van der Waals surface area contributed by atoms with Gasteiger partial charge in [0.15, 0.2) is 5.41 Å². The standard InChI is InChI=1S/C28H25N3O5/c1-4-36-27(33)28(15-16-29,26(32)35-3)24(20-10-12-21(34-2)13-11-20)25-23(18-30)22(14-17-31-25)19-8-6-5-7-9-19/h5-14,17,24H,4,15H2,1-3H3. The predicted molar refractivity (Wildman–Crippen MR) is 131 cm³/mol. The van der Waals surface area contributed by atoms with E-state index < -0.39 is 29.7 Å². The summed E-state index contributed by atoms with van der Waals surface area (Å²) in [5, 5.41) is 20.0. The third-order valence-corrected chi connectivity index (χ3v) is 5.94. The molecule has 0 aliphatic heterocycles. The molecule has 3 rings (SSSR count). The number of pyridine rings is 1. The molecule has 0 aliphatic carbocycles. The smallest absolute Gasteiger partial charge is 0.325 e. The summed E-state index contributed by atoms with van der Waals surface area (Å²) in [6, 6.07) is 21.7. The van der Waals surface area contributed by atoms with Crippen LogP contribution in [0.2, 0.25) is 0 Å². The summed E-state index contributed by atoms with van der Waals surface area (Å²) in [4.78, 5) is 31.4. The van der Waals surface area contributed by atoms with Gasteiger partial charge in [0.1, 0.15) is 11.8 Å². The highest BCUT2D eigenvalue weighted by atomic mass is 16.6. The fourth-order valence-corrected chi connectivity index (χ4v) is 4.28. The molecular formula is C28H25N3O5. The maximum absolute atomic E-state index is 13.5. The first-order chi connectivity index (χ1) is 17.5. The quantitative estimate of drug-likeness (QED) is 0.324. The number of ether oxygens (including phenoxy) is 3. The Morgan fingerprint density at radius 2 is 1.69 bits per heavy atom. The first kappa shape index (κ1) is 25.9. The van der Waals surface area contributed by atoms with Crippen molar-refractivity contribution in [2.45, 2.75) is 19.3 Å². The Labute approximate surface area is 209 Å². The van der Waals surface area contributed by atoms with Crippen LogP contribution in [-0.4, -0.2) is 37.7 Å². The number of benzene rings is 2. The van der Waals surface area contributed by atoms with Crippen molar-refractivity contribution in [2.24, 2.45) is 5.41 Å². The van der Waals surface area contributed by atoms with Crippen LogP contribution in [0.5, 0.6) is 5.75 Å². The SMILES string of the molecule is CCOC(=O)C(CC#N)(C(=O)OC)C(c1ccc(OC)cc1)c1nccc(-c2ccccc2)c1C#N. The first-order valence-electron chi connectivity index (χ1n) is 11.2. The Balaban J connectivity index is 2.43. The van der Waals surface area contributed by atoms with Crippen molar-refractivity contribution in [3.63, 3.8) is 0 Å². The molecule has 1 aromatic heterocycles. The molecule has 8 heteroatoms. The molecule has 2 unspecified atom stereocenters. The zero-order valence-electron chi connectivity index (χ0n) is 20.2. The van der Waals surface area contributed by atoms with E-state index in [1.165, 1.54) is 13.3 Å². The summed E-state index contributed by atoms with van der Waals surface area (Å²) in [5.74, 6) is -2.52. The number of carbonyl (C=O) groups excluding carboxylic acids is 2. The number of esters is 2. The van der Waals surface area contributed by atoms with Crippen molar-refractivity contribution in [3.05, 3.63) is 83.7 Å². The minimum atomic E-state index is -2.12. The highest BCUT2D eigenvalue weighted by Crippen LogP contribution is 2.47. The zero-order valence-corrected chi connectivity index (χ0v) is 20.2. The van der Waals surface area contributed by atoms with Gasteiger partial charge in [0.05, 0.1) is 50.5 Å². The van der Waals surface area contributed by atoms with Crippen molar-refractivity contribution in [3.8, 4) is 29.0 Å². The normalized spacial score (nSPS) is 12.8. The molecule has 2 aromatic carbocycles. The third kappa shape index (κ3) is 4.75. The summed E-state index contributed by atoms with van der Waals surface area (Å²) in [5.41, 5.74) is -0.0221. The molecular weight excluding hydrogens is 458 g/mol. The van der Waals surface area contributed by atoms with Crippen LogP contribution < -0.4 is 4.74 Å². The van der Waals surface area contributed by atoms with Crippen LogP contribution in [0.3, 0.4) is 0 Å². The number of nitriles is 2. The van der Waals surface area contributed by atoms with Gasteiger partial charge in [-0.25, -0.2) is 0 Å². The van der Waals surface area contributed by atoms with Crippen molar-refractivity contribution >= 4 is 11.9 Å². The van der Waals surface area contributed by atoms with Gasteiger partial charge in [0.2, 0.25) is 0 Å². The van der Waals surface area contributed by atoms with Gasteiger partial charge in [-0.15, -0.1) is 0 Å². The second kappa shape index (κ2) is 11.6. The Kier molecular flexibility index (Phi) is 8.38. The lowest BCUT2D eigenvalue weighted by molar-refractivity contribution is -0.171. The lowest BCUT2D eigenvalue weighted by Crippen LogP contribution is -2.47. The molecule has 2 atom stereocenters. The maximum atomic E-state index is 13.5. The van der Waals surface area contributed by atoms with Crippen molar-refractivity contribution < 1.29 is 23.8 Å². The molecule has 0 aliphatic rings. The maximum Gasteiger partial charge on any atom is 0.325 e. The Morgan fingerprint density at radius 3 is 2.25 bits per heavy atom. The molecule has 0 saturated heterocycles. The van der Waals surface area contributed by atoms with Crippen LogP contribution in [0.4, 0.5) is 0 Å². The van der Waals surface area contributed by atoms with E-state index in [0.29, 0.717) is 16.9 Å². The summed E-state index contributed by atoms with van der Waals surface area (Å²) in [6.45, 7) is 1.57. The molecule has 0 radical (unpaired) electrons. The average molecular weight is 484 g/mol. The Hall–Kier alpha value is -4.69. The van der Waals surface area contributed by atoms with Crippen LogP contribution in [0.1, 0.15) is 36.1 Å². The molecule has 0 bridgehead atoms. The third-order valence-electron chi connectivity index (χ3n) is 5.94. The molecule has 8 nitrogen and oxygen atoms in total. The van der Waals surface area contributed by atoms with E-state index in [1.807, 2.05) is 36.4 Å². The lowest BCUT2D eigenvalue weighted by Gasteiger charge is -2.35. The largest absolute Gasteiger partial charge is 0.497 e. The van der Waals surface area contributed by atoms with Crippen molar-refractivity contribution in [1.29, 1.82) is 10.5 Å². The molecule has 0 spiro atoms. The number of nitrogens with zero attached hydrogens (tertiary/aromatic N) is 3. The van der Waals surface area contributed by atoms with Gasteiger partial charge in [-0.1, -0.05) is 42.5 Å². The highest BCUT2D eigenvalue weighted by molar-refractivity contribution is 6.02. The van der Waals surface area contributed by atoms with Gasteiger partial charge in [0.25, 0.3) is 0 Å². The fraction of sp³-hybridized carbons (Fsp3) is 0.250. The molecule has 1 heterocycles. The summed E-state index contributed by atoms with van der Waals surface area (Å²) in [7, 11) is 2.65. The van der Waals surface area contributed by atoms with Gasteiger partial charge in [0, 0.05) is 11.8 Å². The Bertz CT molecular complexity index is 1310. The van der Waals surface area contributed by atoms with Crippen LogP contribution >= 0.6 is 0 Å². The van der Waals surface area contributed by atoms with Gasteiger partial charge >= 0.3 is 11.9 Å². The molecule has 0 N–H and O–H groups in total. The summed E-state index contributed by atoms with van der Waals surface area (Å²) < 4.78 is 15.6. The first-order valence-corrected chi connectivity index (χ1v) is 11.2. The molecule has 0 fully saturated rings. The van der Waals surface area contributed by atoms with Gasteiger partial charge < -0.3 is 14.2 Å². The summed E-state index contributed by atoms with van der Waals surface area (Å²) in [6.07, 6.45) is 0.950. The number of rotatable bonds is 9. The number of carbonyl (C=O) groups is 2. The molecule has 0 amide bonds. The van der Waals surface area contributed by atoms with E-state index in [2.05, 4.69) is 11.1 Å². The molecule has 182 valence electrons. The minimum Gasteiger partial charge on any atom is -0.497 e. The van der Waals surface area contributed by atoms with E-state index in [-0.39, 0.29) is 17.9 Å². The van der Waals surface area contributed by atoms with E-state index in [0.717, 1.165) is 12.7 Å². The monoisotopic (exact) mass is 483 g/mol. The van der Waals surface area contributed by atoms with Crippen LogP contribution in [0, 0.1) is 28.1 Å². The van der Waals surface area contributed by atoms with E-state index in [9.17, 15) is 20.1 Å². The molecule has 36 heavy (non-hydrogen) atoms. The number of hydrogen-bond donors (Lipinski definition) is 0. The average Bonchev–Trinajstić information content (AvgIpc) is 2.93. The topological polar surface area (TPSA) is 122 Å². The Morgan fingerprint density at radius 1 is 1.00 bits per heavy atom. The number of hydrogen-bond acceptors (Lipinski definition) is 8. The van der Waals surface area contributed by atoms with Crippen molar-refractivity contribution in [2.75, 3.05) is 20.8 Å². The van der Waals surface area contributed by atoms with Gasteiger partial charge in [-0.3, -0.25) is 14.6 Å². The van der Waals surface area contributed by atoms with E-state index in [1.54, 1.807) is 37.3 Å². The van der Waals surface area contributed by atoms with E-state index >= 15 is 0 Å². The van der Waals surface area contributed by atoms with Crippen molar-refractivity contribution in [1.82, 2.24) is 4.98 Å². The molecule has 3 aromatic rings. The number of aromatic nitrogens is 1. The van der Waals surface area contributed by atoms with Gasteiger partial charge in [-0.2, -0.15) is 10.5 Å². The minimum absolute atomic E-state index is 0.0269. The highest BCUT2D eigenvalue weighted by Gasteiger charge is 2.57. The fourth-order valence-electron chi connectivity index (χ4n) is 4.28.